The van der Waals surface area contributed by atoms with E-state index in [2.05, 4.69) is 13.8 Å². The average Bonchev–Trinajstić information content (AvgIpc) is 2.85. The molecular weight excluding hydrogens is 452 g/mol. The Labute approximate surface area is 212 Å². The second-order valence-corrected chi connectivity index (χ2v) is 9.64. The molecule has 0 aromatic heterocycles. The fourth-order valence-corrected chi connectivity index (χ4v) is 4.27. The predicted octanol–water partition coefficient (Wildman–Crippen LogP) is 4.82. The van der Waals surface area contributed by atoms with Crippen molar-refractivity contribution in [3.63, 3.8) is 0 Å². The van der Waals surface area contributed by atoms with E-state index in [4.69, 9.17) is 18.9 Å². The van der Waals surface area contributed by atoms with Crippen LogP contribution in [0.25, 0.3) is 0 Å². The van der Waals surface area contributed by atoms with Crippen molar-refractivity contribution in [2.24, 2.45) is 0 Å². The fourth-order valence-electron chi connectivity index (χ4n) is 4.27. The van der Waals surface area contributed by atoms with Crippen molar-refractivity contribution < 1.29 is 38.7 Å². The van der Waals surface area contributed by atoms with E-state index >= 15 is 0 Å². The minimum atomic E-state index is -1.40. The number of aliphatic hydroxyl groups is 2. The summed E-state index contributed by atoms with van der Waals surface area (Å²) in [5, 5.41) is 21.0. The van der Waals surface area contributed by atoms with Gasteiger partial charge in [0, 0.05) is 20.0 Å². The zero-order chi connectivity index (χ0) is 25.9. The SMILES string of the molecule is CCCCCCCCCC(=O)OC[C@H]1OC(OC)[C@H](OC(=O)CCCCCCCCC)[C@@H](O)[C@@H]1O. The number of aliphatic hydroxyl groups excluding tert-OH is 2. The van der Waals surface area contributed by atoms with Crippen molar-refractivity contribution >= 4 is 11.9 Å². The van der Waals surface area contributed by atoms with E-state index in [-0.39, 0.29) is 19.0 Å². The summed E-state index contributed by atoms with van der Waals surface area (Å²) >= 11 is 0. The molecule has 0 spiro atoms. The van der Waals surface area contributed by atoms with Crippen LogP contribution >= 0.6 is 0 Å². The number of methoxy groups -OCH3 is 1. The van der Waals surface area contributed by atoms with Gasteiger partial charge in [0.25, 0.3) is 0 Å². The van der Waals surface area contributed by atoms with Gasteiger partial charge in [-0.05, 0) is 12.8 Å². The fraction of sp³-hybridized carbons (Fsp3) is 0.926. The third kappa shape index (κ3) is 13.6. The van der Waals surface area contributed by atoms with E-state index in [0.717, 1.165) is 32.1 Å². The van der Waals surface area contributed by atoms with Crippen LogP contribution in [0.1, 0.15) is 117 Å². The average molecular weight is 503 g/mol. The van der Waals surface area contributed by atoms with Crippen molar-refractivity contribution in [3.05, 3.63) is 0 Å². The summed E-state index contributed by atoms with van der Waals surface area (Å²) in [5.41, 5.74) is 0. The molecule has 1 aliphatic rings. The number of rotatable bonds is 20. The van der Waals surface area contributed by atoms with Crippen LogP contribution in [0.3, 0.4) is 0 Å². The standard InChI is InChI=1S/C27H50O8/c1-4-6-8-10-12-14-16-18-22(28)33-20-21-24(30)25(31)26(27(32-3)34-21)35-23(29)19-17-15-13-11-9-7-5-2/h21,24-27,30-31H,4-20H2,1-3H3/t21-,24-,25+,26-,27?/m1/s1. The van der Waals surface area contributed by atoms with Crippen molar-refractivity contribution in [2.45, 2.75) is 147 Å². The highest BCUT2D eigenvalue weighted by Gasteiger charge is 2.47. The van der Waals surface area contributed by atoms with Gasteiger partial charge in [0.1, 0.15) is 24.9 Å². The van der Waals surface area contributed by atoms with E-state index in [1.807, 2.05) is 0 Å². The van der Waals surface area contributed by atoms with E-state index in [1.54, 1.807) is 0 Å². The van der Waals surface area contributed by atoms with Crippen molar-refractivity contribution in [3.8, 4) is 0 Å². The molecule has 0 saturated carbocycles. The summed E-state index contributed by atoms with van der Waals surface area (Å²) in [7, 11) is 1.37. The Hall–Kier alpha value is -1.22. The third-order valence-corrected chi connectivity index (χ3v) is 6.52. The van der Waals surface area contributed by atoms with Crippen molar-refractivity contribution in [1.29, 1.82) is 0 Å². The van der Waals surface area contributed by atoms with E-state index in [9.17, 15) is 19.8 Å². The first-order valence-electron chi connectivity index (χ1n) is 13.8. The number of unbranched alkanes of at least 4 members (excludes halogenated alkanes) is 12. The second kappa shape index (κ2) is 19.9. The number of carbonyl (C=O) groups is 2. The molecular formula is C27H50O8. The van der Waals surface area contributed by atoms with Gasteiger partial charge < -0.3 is 29.2 Å². The molecule has 5 atom stereocenters. The number of hydrogen-bond acceptors (Lipinski definition) is 8. The molecule has 35 heavy (non-hydrogen) atoms. The number of ether oxygens (including phenoxy) is 4. The van der Waals surface area contributed by atoms with Crippen LogP contribution in [0, 0.1) is 0 Å². The number of hydrogen-bond donors (Lipinski definition) is 2. The zero-order valence-corrected chi connectivity index (χ0v) is 22.3. The maximum atomic E-state index is 12.3. The Morgan fingerprint density at radius 1 is 0.714 bits per heavy atom. The van der Waals surface area contributed by atoms with Gasteiger partial charge in [0.2, 0.25) is 0 Å². The molecule has 1 aliphatic heterocycles. The lowest BCUT2D eigenvalue weighted by Crippen LogP contribution is -2.60. The predicted molar refractivity (Wildman–Crippen MR) is 134 cm³/mol. The lowest BCUT2D eigenvalue weighted by Gasteiger charge is -2.41. The first-order chi connectivity index (χ1) is 16.9. The molecule has 1 heterocycles. The summed E-state index contributed by atoms with van der Waals surface area (Å²) in [5.74, 6) is -0.818. The molecule has 206 valence electrons. The normalized spacial score (nSPS) is 24.3. The molecule has 2 N–H and O–H groups in total. The Kier molecular flexibility index (Phi) is 18.1. The Morgan fingerprint density at radius 2 is 1.20 bits per heavy atom. The topological polar surface area (TPSA) is 112 Å². The highest BCUT2D eigenvalue weighted by Crippen LogP contribution is 2.25. The van der Waals surface area contributed by atoms with E-state index in [0.29, 0.717) is 12.8 Å². The van der Waals surface area contributed by atoms with E-state index in [1.165, 1.54) is 58.5 Å². The van der Waals surface area contributed by atoms with Gasteiger partial charge in [-0.2, -0.15) is 0 Å². The summed E-state index contributed by atoms with van der Waals surface area (Å²) in [6, 6.07) is 0. The molecule has 1 unspecified atom stereocenters. The second-order valence-electron chi connectivity index (χ2n) is 9.64. The van der Waals surface area contributed by atoms with Gasteiger partial charge in [-0.25, -0.2) is 0 Å². The van der Waals surface area contributed by atoms with Crippen LogP contribution in [-0.2, 0) is 28.5 Å². The van der Waals surface area contributed by atoms with Crippen LogP contribution < -0.4 is 0 Å². The Bertz CT molecular complexity index is 551. The van der Waals surface area contributed by atoms with Crippen LogP contribution in [0.4, 0.5) is 0 Å². The van der Waals surface area contributed by atoms with Crippen LogP contribution in [0.15, 0.2) is 0 Å². The molecule has 0 amide bonds. The molecule has 8 heteroatoms. The quantitative estimate of drug-likeness (QED) is 0.180. The third-order valence-electron chi connectivity index (χ3n) is 6.52. The minimum Gasteiger partial charge on any atom is -0.463 e. The molecule has 1 saturated heterocycles. The molecule has 0 aliphatic carbocycles. The maximum absolute atomic E-state index is 12.3. The van der Waals surface area contributed by atoms with Gasteiger partial charge in [-0.1, -0.05) is 90.9 Å². The zero-order valence-electron chi connectivity index (χ0n) is 22.3. The minimum absolute atomic E-state index is 0.202. The van der Waals surface area contributed by atoms with Crippen molar-refractivity contribution in [1.82, 2.24) is 0 Å². The molecule has 8 nitrogen and oxygen atoms in total. The Morgan fingerprint density at radius 3 is 1.71 bits per heavy atom. The van der Waals surface area contributed by atoms with Crippen LogP contribution in [0.5, 0.6) is 0 Å². The highest BCUT2D eigenvalue weighted by atomic mass is 16.7. The number of carbonyl (C=O) groups excluding carboxylic acids is 2. The van der Waals surface area contributed by atoms with Gasteiger partial charge in [0.15, 0.2) is 12.4 Å². The maximum Gasteiger partial charge on any atom is 0.306 e. The largest absolute Gasteiger partial charge is 0.463 e. The van der Waals surface area contributed by atoms with Gasteiger partial charge in [0.05, 0.1) is 0 Å². The molecule has 0 radical (unpaired) electrons. The van der Waals surface area contributed by atoms with Gasteiger partial charge >= 0.3 is 11.9 Å². The molecule has 0 bridgehead atoms. The van der Waals surface area contributed by atoms with E-state index < -0.39 is 36.7 Å². The lowest BCUT2D eigenvalue weighted by molar-refractivity contribution is -0.298. The Balaban J connectivity index is 2.33. The first-order valence-corrected chi connectivity index (χ1v) is 13.8. The smallest absolute Gasteiger partial charge is 0.306 e. The monoisotopic (exact) mass is 502 g/mol. The first kappa shape index (κ1) is 31.8. The van der Waals surface area contributed by atoms with Crippen LogP contribution in [0.2, 0.25) is 0 Å². The molecule has 0 aromatic carbocycles. The lowest BCUT2D eigenvalue weighted by atomic mass is 9.99. The summed E-state index contributed by atoms with van der Waals surface area (Å²) < 4.78 is 21.6. The molecule has 1 fully saturated rings. The molecule has 0 aromatic rings. The van der Waals surface area contributed by atoms with Gasteiger partial charge in [-0.15, -0.1) is 0 Å². The van der Waals surface area contributed by atoms with Crippen LogP contribution in [-0.4, -0.2) is 66.6 Å². The summed E-state index contributed by atoms with van der Waals surface area (Å²) in [4.78, 5) is 24.3. The molecule has 1 rings (SSSR count). The van der Waals surface area contributed by atoms with Crippen molar-refractivity contribution in [2.75, 3.05) is 13.7 Å². The summed E-state index contributed by atoms with van der Waals surface area (Å²) in [6.07, 6.45) is 9.91. The summed E-state index contributed by atoms with van der Waals surface area (Å²) in [6.45, 7) is 4.16. The number of esters is 2. The highest BCUT2D eigenvalue weighted by molar-refractivity contribution is 5.69. The van der Waals surface area contributed by atoms with Gasteiger partial charge in [-0.3, -0.25) is 9.59 Å².